The minimum Gasteiger partial charge on any atom is -0.431 e. The fourth-order valence-electron chi connectivity index (χ4n) is 1.15. The molecular formula is C12H22O2. The summed E-state index contributed by atoms with van der Waals surface area (Å²) in [5.41, 5.74) is 1.19. The Labute approximate surface area is 87.3 Å². The molecule has 2 heteroatoms. The molecule has 82 valence electrons. The molecule has 0 radical (unpaired) electrons. The number of esters is 1. The van der Waals surface area contributed by atoms with E-state index in [1.165, 1.54) is 24.8 Å². The van der Waals surface area contributed by atoms with Crippen LogP contribution in [0.1, 0.15) is 59.8 Å². The summed E-state index contributed by atoms with van der Waals surface area (Å²) in [6.07, 6.45) is 5.13. The van der Waals surface area contributed by atoms with Gasteiger partial charge in [0, 0.05) is 6.42 Å². The maximum Gasteiger partial charge on any atom is 0.310 e. The van der Waals surface area contributed by atoms with E-state index in [2.05, 4.69) is 6.92 Å². The SMILES string of the molecule is CCCCCC(C)=C(C)OC(=O)CC. The second-order valence-corrected chi connectivity index (χ2v) is 3.62. The molecule has 0 heterocycles. The third-order valence-corrected chi connectivity index (χ3v) is 2.31. The summed E-state index contributed by atoms with van der Waals surface area (Å²) >= 11 is 0. The first kappa shape index (κ1) is 13.2. The molecule has 0 aromatic heterocycles. The van der Waals surface area contributed by atoms with Gasteiger partial charge in [0.2, 0.25) is 0 Å². The molecule has 2 nitrogen and oxygen atoms in total. The van der Waals surface area contributed by atoms with Gasteiger partial charge in [-0.15, -0.1) is 0 Å². The normalized spacial score (nSPS) is 12.3. The van der Waals surface area contributed by atoms with Crippen molar-refractivity contribution in [2.24, 2.45) is 0 Å². The van der Waals surface area contributed by atoms with E-state index in [-0.39, 0.29) is 5.97 Å². The Morgan fingerprint density at radius 3 is 2.29 bits per heavy atom. The summed E-state index contributed by atoms with van der Waals surface area (Å²) < 4.78 is 5.13. The summed E-state index contributed by atoms with van der Waals surface area (Å²) in [7, 11) is 0. The van der Waals surface area contributed by atoms with E-state index in [1.54, 1.807) is 0 Å². The first-order valence-corrected chi connectivity index (χ1v) is 5.48. The van der Waals surface area contributed by atoms with Crippen LogP contribution in [0.4, 0.5) is 0 Å². The highest BCUT2D eigenvalue weighted by molar-refractivity contribution is 5.70. The standard InChI is InChI=1S/C12H22O2/c1-5-7-8-9-10(3)11(4)14-12(13)6-2/h5-9H2,1-4H3. The van der Waals surface area contributed by atoms with Gasteiger partial charge in [0.25, 0.3) is 0 Å². The van der Waals surface area contributed by atoms with E-state index in [0.717, 1.165) is 12.2 Å². The van der Waals surface area contributed by atoms with Gasteiger partial charge in [-0.05, 0) is 32.3 Å². The lowest BCUT2D eigenvalue weighted by Crippen LogP contribution is -2.02. The minimum absolute atomic E-state index is 0.141. The number of carbonyl (C=O) groups is 1. The summed E-state index contributed by atoms with van der Waals surface area (Å²) in [5.74, 6) is 0.644. The first-order chi connectivity index (χ1) is 6.61. The van der Waals surface area contributed by atoms with Crippen molar-refractivity contribution < 1.29 is 9.53 Å². The number of allylic oxidation sites excluding steroid dienone is 2. The molecule has 0 fully saturated rings. The highest BCUT2D eigenvalue weighted by Gasteiger charge is 2.03. The maximum absolute atomic E-state index is 11.0. The molecule has 0 saturated carbocycles. The third-order valence-electron chi connectivity index (χ3n) is 2.31. The molecule has 0 bridgehead atoms. The van der Waals surface area contributed by atoms with Crippen LogP contribution in [0.25, 0.3) is 0 Å². The van der Waals surface area contributed by atoms with Crippen molar-refractivity contribution in [3.63, 3.8) is 0 Å². The lowest BCUT2D eigenvalue weighted by Gasteiger charge is -2.07. The van der Waals surface area contributed by atoms with E-state index in [0.29, 0.717) is 6.42 Å². The Morgan fingerprint density at radius 2 is 1.79 bits per heavy atom. The zero-order chi connectivity index (χ0) is 11.0. The monoisotopic (exact) mass is 198 g/mol. The lowest BCUT2D eigenvalue weighted by molar-refractivity contribution is -0.139. The van der Waals surface area contributed by atoms with Crippen molar-refractivity contribution in [1.29, 1.82) is 0 Å². The second-order valence-electron chi connectivity index (χ2n) is 3.62. The van der Waals surface area contributed by atoms with Gasteiger partial charge in [-0.1, -0.05) is 26.7 Å². The van der Waals surface area contributed by atoms with Gasteiger partial charge >= 0.3 is 5.97 Å². The van der Waals surface area contributed by atoms with Crippen LogP contribution in [-0.2, 0) is 9.53 Å². The number of rotatable bonds is 6. The predicted molar refractivity (Wildman–Crippen MR) is 58.9 cm³/mol. The van der Waals surface area contributed by atoms with Crippen LogP contribution in [0.5, 0.6) is 0 Å². The molecule has 0 saturated heterocycles. The third kappa shape index (κ3) is 5.79. The molecule has 0 aromatic carbocycles. The summed E-state index contributed by atoms with van der Waals surface area (Å²) in [6, 6.07) is 0. The molecule has 0 atom stereocenters. The highest BCUT2D eigenvalue weighted by Crippen LogP contribution is 2.14. The second kappa shape index (κ2) is 7.60. The van der Waals surface area contributed by atoms with Gasteiger partial charge in [-0.2, -0.15) is 0 Å². The van der Waals surface area contributed by atoms with Crippen molar-refractivity contribution in [1.82, 2.24) is 0 Å². The molecule has 0 amide bonds. The Balaban J connectivity index is 3.95. The Bertz CT molecular complexity index is 204. The topological polar surface area (TPSA) is 26.3 Å². The van der Waals surface area contributed by atoms with E-state index in [1.807, 2.05) is 20.8 Å². The lowest BCUT2D eigenvalue weighted by atomic mass is 10.1. The van der Waals surface area contributed by atoms with Gasteiger partial charge < -0.3 is 4.74 Å². The number of hydrogen-bond acceptors (Lipinski definition) is 2. The zero-order valence-corrected chi connectivity index (χ0v) is 9.85. The molecule has 14 heavy (non-hydrogen) atoms. The molecule has 0 aliphatic heterocycles. The Kier molecular flexibility index (Phi) is 7.17. The number of ether oxygens (including phenoxy) is 1. The van der Waals surface area contributed by atoms with Crippen LogP contribution in [0.15, 0.2) is 11.3 Å². The Morgan fingerprint density at radius 1 is 1.14 bits per heavy atom. The van der Waals surface area contributed by atoms with E-state index >= 15 is 0 Å². The molecule has 0 aliphatic carbocycles. The van der Waals surface area contributed by atoms with Gasteiger partial charge in [0.1, 0.15) is 5.76 Å². The molecular weight excluding hydrogens is 176 g/mol. The smallest absolute Gasteiger partial charge is 0.310 e. The van der Waals surface area contributed by atoms with E-state index < -0.39 is 0 Å². The van der Waals surface area contributed by atoms with Crippen LogP contribution >= 0.6 is 0 Å². The van der Waals surface area contributed by atoms with Crippen molar-refractivity contribution in [2.45, 2.75) is 59.8 Å². The van der Waals surface area contributed by atoms with Crippen molar-refractivity contribution in [2.75, 3.05) is 0 Å². The highest BCUT2D eigenvalue weighted by atomic mass is 16.5. The maximum atomic E-state index is 11.0. The van der Waals surface area contributed by atoms with Gasteiger partial charge in [0.15, 0.2) is 0 Å². The molecule has 0 unspecified atom stereocenters. The van der Waals surface area contributed by atoms with Crippen LogP contribution in [0.2, 0.25) is 0 Å². The molecule has 0 spiro atoms. The molecule has 0 N–H and O–H groups in total. The fraction of sp³-hybridized carbons (Fsp3) is 0.750. The van der Waals surface area contributed by atoms with E-state index in [9.17, 15) is 4.79 Å². The van der Waals surface area contributed by atoms with Gasteiger partial charge in [0.05, 0.1) is 0 Å². The molecule has 0 aromatic rings. The molecule has 0 aliphatic rings. The van der Waals surface area contributed by atoms with Gasteiger partial charge in [-0.25, -0.2) is 0 Å². The predicted octanol–water partition coefficient (Wildman–Crippen LogP) is 3.81. The Hall–Kier alpha value is -0.790. The quantitative estimate of drug-likeness (QED) is 0.368. The number of hydrogen-bond donors (Lipinski definition) is 0. The summed E-state index contributed by atoms with van der Waals surface area (Å²) in [6.45, 7) is 7.90. The molecule has 0 rings (SSSR count). The van der Waals surface area contributed by atoms with Crippen LogP contribution in [0.3, 0.4) is 0 Å². The van der Waals surface area contributed by atoms with Crippen molar-refractivity contribution in [3.8, 4) is 0 Å². The summed E-state index contributed by atoms with van der Waals surface area (Å²) in [4.78, 5) is 11.0. The number of carbonyl (C=O) groups excluding carboxylic acids is 1. The zero-order valence-electron chi connectivity index (χ0n) is 9.85. The van der Waals surface area contributed by atoms with Gasteiger partial charge in [-0.3, -0.25) is 4.79 Å². The van der Waals surface area contributed by atoms with Crippen LogP contribution < -0.4 is 0 Å². The largest absolute Gasteiger partial charge is 0.431 e. The average Bonchev–Trinajstić information content (AvgIpc) is 2.17. The minimum atomic E-state index is -0.141. The van der Waals surface area contributed by atoms with Crippen LogP contribution in [-0.4, -0.2) is 5.97 Å². The summed E-state index contributed by atoms with van der Waals surface area (Å²) in [5, 5.41) is 0. The number of unbranched alkanes of at least 4 members (excludes halogenated alkanes) is 2. The first-order valence-electron chi connectivity index (χ1n) is 5.48. The van der Waals surface area contributed by atoms with Crippen molar-refractivity contribution in [3.05, 3.63) is 11.3 Å². The average molecular weight is 198 g/mol. The fourth-order valence-corrected chi connectivity index (χ4v) is 1.15. The van der Waals surface area contributed by atoms with E-state index in [4.69, 9.17) is 4.74 Å². The van der Waals surface area contributed by atoms with Crippen LogP contribution in [0, 0.1) is 0 Å². The van der Waals surface area contributed by atoms with Crippen molar-refractivity contribution >= 4 is 5.97 Å².